The van der Waals surface area contributed by atoms with E-state index < -0.39 is 0 Å². The maximum atomic E-state index is 5.58. The van der Waals surface area contributed by atoms with Gasteiger partial charge in [-0.05, 0) is 12.1 Å². The first kappa shape index (κ1) is 13.9. The van der Waals surface area contributed by atoms with Gasteiger partial charge in [-0.3, -0.25) is 10.1 Å². The van der Waals surface area contributed by atoms with E-state index in [4.69, 9.17) is 20.1 Å². The second-order valence-electron chi connectivity index (χ2n) is 3.88. The highest BCUT2D eigenvalue weighted by Gasteiger charge is 2.27. The van der Waals surface area contributed by atoms with Gasteiger partial charge in [0.1, 0.15) is 0 Å². The van der Waals surface area contributed by atoms with Gasteiger partial charge in [0, 0.05) is 18.8 Å². The molecule has 1 aromatic carbocycles. The van der Waals surface area contributed by atoms with Gasteiger partial charge in [-0.15, -0.1) is 0 Å². The normalized spacial score (nSPS) is 13.4. The van der Waals surface area contributed by atoms with Crippen molar-refractivity contribution in [1.29, 1.82) is 0 Å². The smallest absolute Gasteiger partial charge is 0.203 e. The van der Waals surface area contributed by atoms with E-state index in [0.717, 1.165) is 11.3 Å². The molecule has 0 fully saturated rings. The number of benzene rings is 1. The lowest BCUT2D eigenvalue weighted by Gasteiger charge is -2.14. The van der Waals surface area contributed by atoms with Crippen molar-refractivity contribution < 1.29 is 14.2 Å². The van der Waals surface area contributed by atoms with E-state index in [1.165, 1.54) is 16.5 Å². The summed E-state index contributed by atoms with van der Waals surface area (Å²) in [6, 6.07) is 3.81. The van der Waals surface area contributed by atoms with Gasteiger partial charge in [-0.25, -0.2) is 0 Å². The van der Waals surface area contributed by atoms with Crippen LogP contribution < -0.4 is 20.1 Å². The fraction of sp³-hybridized carbons (Fsp3) is 0.333. The Morgan fingerprint density at radius 2 is 1.68 bits per heavy atom. The van der Waals surface area contributed by atoms with Crippen molar-refractivity contribution in [1.82, 2.24) is 8.72 Å². The Bertz CT molecular complexity index is 480. The van der Waals surface area contributed by atoms with Gasteiger partial charge in [-0.1, -0.05) is 0 Å². The van der Waals surface area contributed by atoms with Crippen molar-refractivity contribution >= 4 is 17.8 Å². The molecule has 0 unspecified atom stereocenters. The summed E-state index contributed by atoms with van der Waals surface area (Å²) in [5.74, 6) is 7.44. The third-order valence-electron chi connectivity index (χ3n) is 2.59. The van der Waals surface area contributed by atoms with Crippen LogP contribution in [0.1, 0.15) is 5.56 Å². The van der Waals surface area contributed by atoms with Crippen molar-refractivity contribution in [2.24, 2.45) is 5.84 Å². The van der Waals surface area contributed by atoms with Crippen LogP contribution in [0.4, 0.5) is 0 Å². The lowest BCUT2D eigenvalue weighted by Crippen LogP contribution is -2.19. The molecule has 7 heteroatoms. The average molecular weight is 283 g/mol. The van der Waals surface area contributed by atoms with Crippen LogP contribution in [0, 0.1) is 0 Å². The third-order valence-corrected chi connectivity index (χ3v) is 3.32. The largest absolute Gasteiger partial charge is 0.493 e. The predicted octanol–water partition coefficient (Wildman–Crippen LogP) is 1.70. The second-order valence-corrected chi connectivity index (χ2v) is 5.01. The van der Waals surface area contributed by atoms with E-state index >= 15 is 0 Å². The molecule has 2 N–H and O–H groups in total. The Hall–Kier alpha value is -1.57. The quantitative estimate of drug-likeness (QED) is 0.484. The molecule has 0 aromatic heterocycles. The number of ether oxygens (including phenoxy) is 3. The molecule has 19 heavy (non-hydrogen) atoms. The predicted molar refractivity (Wildman–Crippen MR) is 75.5 cm³/mol. The lowest BCUT2D eigenvalue weighted by molar-refractivity contribution is 0.324. The van der Waals surface area contributed by atoms with Crippen LogP contribution in [0.2, 0.25) is 0 Å². The van der Waals surface area contributed by atoms with Crippen molar-refractivity contribution in [3.05, 3.63) is 23.9 Å². The molecule has 0 amide bonds. The van der Waals surface area contributed by atoms with Crippen LogP contribution >= 0.6 is 12.1 Å². The summed E-state index contributed by atoms with van der Waals surface area (Å²) >= 11 is 1.40. The number of nitrogens with zero attached hydrogens (tertiary/aromatic N) is 2. The third kappa shape index (κ3) is 2.89. The Balaban J connectivity index is 2.26. The summed E-state index contributed by atoms with van der Waals surface area (Å²) in [6.45, 7) is 0. The first-order chi connectivity index (χ1) is 9.10. The van der Waals surface area contributed by atoms with Gasteiger partial charge in [-0.2, -0.15) is 4.41 Å². The Morgan fingerprint density at radius 1 is 1.11 bits per heavy atom. The Labute approximate surface area is 116 Å². The van der Waals surface area contributed by atoms with Crippen LogP contribution in [-0.4, -0.2) is 37.1 Å². The highest BCUT2D eigenvalue weighted by Crippen LogP contribution is 2.45. The van der Waals surface area contributed by atoms with Crippen molar-refractivity contribution in [2.75, 3.05) is 28.4 Å². The number of nitrogens with two attached hydrogens (primary N) is 1. The van der Waals surface area contributed by atoms with Gasteiger partial charge in [0.05, 0.1) is 39.2 Å². The average Bonchev–Trinajstić information content (AvgIpc) is 3.15. The molecule has 0 saturated heterocycles. The molecule has 2 rings (SSSR count). The molecule has 0 bridgehead atoms. The summed E-state index contributed by atoms with van der Waals surface area (Å²) in [5, 5.41) is 0. The number of hydrogen-bond acceptors (Lipinski definition) is 7. The summed E-state index contributed by atoms with van der Waals surface area (Å²) < 4.78 is 19.4. The summed E-state index contributed by atoms with van der Waals surface area (Å²) in [5.41, 5.74) is 2.05. The molecule has 0 aliphatic carbocycles. The van der Waals surface area contributed by atoms with Crippen LogP contribution in [0.5, 0.6) is 17.2 Å². The molecular weight excluding hydrogens is 266 g/mol. The van der Waals surface area contributed by atoms with E-state index in [1.807, 2.05) is 22.6 Å². The minimum absolute atomic E-state index is 0.588. The number of methoxy groups -OCH3 is 3. The molecule has 1 heterocycles. The van der Waals surface area contributed by atoms with Gasteiger partial charge in [0.2, 0.25) is 5.75 Å². The maximum Gasteiger partial charge on any atom is 0.203 e. The molecule has 104 valence electrons. The minimum atomic E-state index is 0.588. The molecule has 0 saturated carbocycles. The van der Waals surface area contributed by atoms with E-state index in [0.29, 0.717) is 17.2 Å². The van der Waals surface area contributed by atoms with Gasteiger partial charge >= 0.3 is 0 Å². The Kier molecular flexibility index (Phi) is 4.08. The molecule has 0 atom stereocenters. The maximum absolute atomic E-state index is 5.58. The molecule has 1 aliphatic rings. The van der Waals surface area contributed by atoms with Crippen molar-refractivity contribution in [3.63, 3.8) is 0 Å². The zero-order chi connectivity index (χ0) is 14.0. The van der Waals surface area contributed by atoms with Crippen LogP contribution in [-0.2, 0) is 0 Å². The Morgan fingerprint density at radius 3 is 2.11 bits per heavy atom. The van der Waals surface area contributed by atoms with E-state index in [2.05, 4.69) is 0 Å². The van der Waals surface area contributed by atoms with Crippen molar-refractivity contribution in [3.8, 4) is 17.2 Å². The monoisotopic (exact) mass is 283 g/mol. The highest BCUT2D eigenvalue weighted by molar-refractivity contribution is 7.95. The van der Waals surface area contributed by atoms with Crippen molar-refractivity contribution in [2.45, 2.75) is 0 Å². The fourth-order valence-electron chi connectivity index (χ4n) is 1.72. The topological polar surface area (TPSA) is 60.0 Å². The molecule has 0 radical (unpaired) electrons. The zero-order valence-electron chi connectivity index (χ0n) is 11.3. The number of rotatable bonds is 6. The van der Waals surface area contributed by atoms with Gasteiger partial charge < -0.3 is 14.2 Å². The highest BCUT2D eigenvalue weighted by atomic mass is 32.2. The van der Waals surface area contributed by atoms with E-state index in [-0.39, 0.29) is 0 Å². The molecule has 0 spiro atoms. The zero-order valence-corrected chi connectivity index (χ0v) is 12.2. The summed E-state index contributed by atoms with van der Waals surface area (Å²) in [4.78, 5) is 0. The van der Waals surface area contributed by atoms with Crippen LogP contribution in [0.25, 0.3) is 5.70 Å². The van der Waals surface area contributed by atoms with Gasteiger partial charge in [0.15, 0.2) is 11.5 Å². The lowest BCUT2D eigenvalue weighted by atomic mass is 10.1. The first-order valence-electron chi connectivity index (χ1n) is 5.58. The summed E-state index contributed by atoms with van der Waals surface area (Å²) in [7, 11) is 6.57. The molecule has 1 aliphatic heterocycles. The second kappa shape index (κ2) is 5.60. The number of hydrogen-bond donors (Lipinski definition) is 1. The fourth-order valence-corrected chi connectivity index (χ4v) is 2.34. The molecular formula is C12H17N3O3S. The number of hydrazine groups is 1. The first-order valence-corrected chi connectivity index (χ1v) is 6.31. The minimum Gasteiger partial charge on any atom is -0.493 e. The SMILES string of the molecule is COc1cc(C2=CN2SN(C)N)cc(OC)c1OC. The molecule has 6 nitrogen and oxygen atoms in total. The molecule has 1 aromatic rings. The summed E-state index contributed by atoms with van der Waals surface area (Å²) in [6.07, 6.45) is 1.98. The van der Waals surface area contributed by atoms with Gasteiger partial charge in [0.25, 0.3) is 0 Å². The van der Waals surface area contributed by atoms with E-state index in [9.17, 15) is 0 Å². The van der Waals surface area contributed by atoms with Crippen LogP contribution in [0.3, 0.4) is 0 Å². The standard InChI is InChI=1S/C12H17N3O3S/c1-14(13)19-15-7-9(15)8-5-10(16-2)12(18-4)11(6-8)17-3/h5-7H,13H2,1-4H3. The van der Waals surface area contributed by atoms with Crippen LogP contribution in [0.15, 0.2) is 18.3 Å². The van der Waals surface area contributed by atoms with E-state index in [1.54, 1.807) is 28.4 Å².